The molecule has 4 aromatic rings. The summed E-state index contributed by atoms with van der Waals surface area (Å²) in [6, 6.07) is 21.5. The predicted molar refractivity (Wildman–Crippen MR) is 152 cm³/mol. The summed E-state index contributed by atoms with van der Waals surface area (Å²) in [6.45, 7) is 4.23. The van der Waals surface area contributed by atoms with Gasteiger partial charge in [0.15, 0.2) is 5.11 Å². The van der Waals surface area contributed by atoms with Gasteiger partial charge in [-0.1, -0.05) is 29.8 Å². The van der Waals surface area contributed by atoms with Gasteiger partial charge in [-0.05, 0) is 80.2 Å². The standard InChI is InChI=1S/C30H28N4O4S/c1-18-6-9-21(10-7-18)32-26(35)14-16-34-28(27(33-30(34)39)23-5-3-4-15-31-23)25-13-12-24(38-25)22-11-8-20(29(36)37)17-19(22)2/h3-13,15,17,27-28H,14,16H2,1-2H3,(H,32,35)(H,33,39)(H,36,37)/t27-,28+/m0/s1. The molecule has 2 aromatic carbocycles. The maximum atomic E-state index is 12.8. The average molecular weight is 541 g/mol. The third kappa shape index (κ3) is 5.68. The van der Waals surface area contributed by atoms with E-state index in [0.717, 1.165) is 28.1 Å². The van der Waals surface area contributed by atoms with Crippen molar-refractivity contribution < 1.29 is 19.1 Å². The maximum Gasteiger partial charge on any atom is 0.335 e. The second-order valence-electron chi connectivity index (χ2n) is 9.52. The number of nitrogens with one attached hydrogen (secondary N) is 2. The fourth-order valence-electron chi connectivity index (χ4n) is 4.77. The van der Waals surface area contributed by atoms with Crippen LogP contribution in [0.5, 0.6) is 0 Å². The minimum atomic E-state index is -0.976. The Labute approximate surface area is 231 Å². The van der Waals surface area contributed by atoms with E-state index in [9.17, 15) is 14.7 Å². The normalized spacial score (nSPS) is 16.7. The molecule has 0 saturated carbocycles. The second kappa shape index (κ2) is 11.1. The van der Waals surface area contributed by atoms with Crippen molar-refractivity contribution in [1.29, 1.82) is 0 Å². The molecule has 1 fully saturated rings. The number of rotatable bonds is 8. The number of carboxylic acids is 1. The van der Waals surface area contributed by atoms with Crippen LogP contribution < -0.4 is 10.6 Å². The molecule has 3 heterocycles. The number of carboxylic acid groups (broad SMARTS) is 1. The number of aryl methyl sites for hydroxylation is 2. The van der Waals surface area contributed by atoms with Crippen molar-refractivity contribution in [2.24, 2.45) is 0 Å². The molecule has 1 aliphatic rings. The summed E-state index contributed by atoms with van der Waals surface area (Å²) in [7, 11) is 0. The van der Waals surface area contributed by atoms with E-state index in [2.05, 4.69) is 15.6 Å². The molecule has 3 N–H and O–H groups in total. The van der Waals surface area contributed by atoms with Crippen molar-refractivity contribution in [3.8, 4) is 11.3 Å². The Morgan fingerprint density at radius 3 is 2.56 bits per heavy atom. The van der Waals surface area contributed by atoms with Gasteiger partial charge in [0.25, 0.3) is 0 Å². The van der Waals surface area contributed by atoms with Crippen LogP contribution in [-0.2, 0) is 4.79 Å². The molecule has 0 aliphatic carbocycles. The summed E-state index contributed by atoms with van der Waals surface area (Å²) >= 11 is 5.71. The van der Waals surface area contributed by atoms with E-state index in [1.165, 1.54) is 0 Å². The lowest BCUT2D eigenvalue weighted by Gasteiger charge is -2.25. The highest BCUT2D eigenvalue weighted by atomic mass is 32.1. The Bertz CT molecular complexity index is 1520. The van der Waals surface area contributed by atoms with Crippen LogP contribution in [0.1, 0.15) is 51.4 Å². The van der Waals surface area contributed by atoms with Crippen molar-refractivity contribution in [3.05, 3.63) is 107 Å². The SMILES string of the molecule is Cc1ccc(NC(=O)CCN2C(=S)N[C@@H](c3ccccn3)[C@H]2c2ccc(-c3ccc(C(=O)O)cc3C)o2)cc1. The number of carbonyl (C=O) groups excluding carboxylic acids is 1. The first-order valence-electron chi connectivity index (χ1n) is 12.6. The smallest absolute Gasteiger partial charge is 0.335 e. The Morgan fingerprint density at radius 1 is 1.08 bits per heavy atom. The summed E-state index contributed by atoms with van der Waals surface area (Å²) in [5, 5.41) is 16.1. The summed E-state index contributed by atoms with van der Waals surface area (Å²) in [4.78, 5) is 30.6. The molecule has 1 amide bonds. The quantitative estimate of drug-likeness (QED) is 0.246. The number of nitrogens with zero attached hydrogens (tertiary/aromatic N) is 2. The van der Waals surface area contributed by atoms with Crippen molar-refractivity contribution in [3.63, 3.8) is 0 Å². The maximum absolute atomic E-state index is 12.8. The fraction of sp³-hybridized carbons (Fsp3) is 0.200. The van der Waals surface area contributed by atoms with Crippen LogP contribution in [0, 0.1) is 13.8 Å². The molecule has 39 heavy (non-hydrogen) atoms. The zero-order chi connectivity index (χ0) is 27.5. The van der Waals surface area contributed by atoms with Gasteiger partial charge in [0.1, 0.15) is 17.6 Å². The fourth-order valence-corrected chi connectivity index (χ4v) is 5.10. The molecule has 198 valence electrons. The molecular formula is C30H28N4O4S. The number of aromatic nitrogens is 1. The van der Waals surface area contributed by atoms with Gasteiger partial charge in [-0.2, -0.15) is 0 Å². The third-order valence-corrected chi connectivity index (χ3v) is 7.12. The number of thiocarbonyl (C=S) groups is 1. The number of anilines is 1. The molecule has 8 nitrogen and oxygen atoms in total. The Morgan fingerprint density at radius 2 is 1.87 bits per heavy atom. The number of amides is 1. The molecule has 0 unspecified atom stereocenters. The van der Waals surface area contributed by atoms with E-state index in [4.69, 9.17) is 16.6 Å². The zero-order valence-corrected chi connectivity index (χ0v) is 22.4. The van der Waals surface area contributed by atoms with E-state index in [0.29, 0.717) is 23.2 Å². The van der Waals surface area contributed by atoms with Crippen molar-refractivity contribution in [2.75, 3.05) is 11.9 Å². The van der Waals surface area contributed by atoms with Gasteiger partial charge >= 0.3 is 5.97 Å². The molecule has 0 radical (unpaired) electrons. The number of hydrogen-bond donors (Lipinski definition) is 3. The van der Waals surface area contributed by atoms with Crippen LogP contribution in [0.2, 0.25) is 0 Å². The first-order valence-corrected chi connectivity index (χ1v) is 13.0. The Hall–Kier alpha value is -4.50. The van der Waals surface area contributed by atoms with Crippen LogP contribution in [0.15, 0.2) is 83.4 Å². The van der Waals surface area contributed by atoms with Gasteiger partial charge in [-0.3, -0.25) is 9.78 Å². The van der Waals surface area contributed by atoms with Crippen LogP contribution in [0.3, 0.4) is 0 Å². The lowest BCUT2D eigenvalue weighted by Crippen LogP contribution is -2.32. The van der Waals surface area contributed by atoms with E-state index >= 15 is 0 Å². The number of aromatic carboxylic acids is 1. The lowest BCUT2D eigenvalue weighted by molar-refractivity contribution is -0.116. The molecule has 1 aliphatic heterocycles. The molecule has 1 saturated heterocycles. The second-order valence-corrected chi connectivity index (χ2v) is 9.91. The van der Waals surface area contributed by atoms with E-state index < -0.39 is 5.97 Å². The molecule has 9 heteroatoms. The summed E-state index contributed by atoms with van der Waals surface area (Å²) in [5.74, 6) is 0.189. The van der Waals surface area contributed by atoms with Crippen LogP contribution in [0.4, 0.5) is 5.69 Å². The summed E-state index contributed by atoms with van der Waals surface area (Å²) < 4.78 is 6.36. The van der Waals surface area contributed by atoms with E-state index in [1.54, 1.807) is 24.4 Å². The van der Waals surface area contributed by atoms with Crippen molar-refractivity contribution >= 4 is 34.9 Å². The largest absolute Gasteiger partial charge is 0.478 e. The third-order valence-electron chi connectivity index (χ3n) is 6.77. The summed E-state index contributed by atoms with van der Waals surface area (Å²) in [6.07, 6.45) is 1.96. The molecule has 2 aromatic heterocycles. The minimum absolute atomic E-state index is 0.115. The van der Waals surface area contributed by atoms with Crippen LogP contribution >= 0.6 is 12.2 Å². The topological polar surface area (TPSA) is 108 Å². The highest BCUT2D eigenvalue weighted by Gasteiger charge is 2.41. The Balaban J connectivity index is 1.41. The number of furan rings is 1. The first kappa shape index (κ1) is 26.1. The lowest BCUT2D eigenvalue weighted by atomic mass is 10.0. The monoisotopic (exact) mass is 540 g/mol. The van der Waals surface area contributed by atoms with Gasteiger partial charge in [-0.15, -0.1) is 0 Å². The number of hydrogen-bond acceptors (Lipinski definition) is 5. The van der Waals surface area contributed by atoms with Crippen molar-refractivity contribution in [2.45, 2.75) is 32.4 Å². The number of carbonyl (C=O) groups is 2. The van der Waals surface area contributed by atoms with Crippen molar-refractivity contribution in [1.82, 2.24) is 15.2 Å². The molecule has 2 atom stereocenters. The average Bonchev–Trinajstić information content (AvgIpc) is 3.53. The van der Waals surface area contributed by atoms with E-state index in [-0.39, 0.29) is 30.0 Å². The van der Waals surface area contributed by atoms with Gasteiger partial charge in [0.05, 0.1) is 17.3 Å². The number of benzene rings is 2. The first-order chi connectivity index (χ1) is 18.8. The van der Waals surface area contributed by atoms with E-state index in [1.807, 2.05) is 73.3 Å². The number of pyridine rings is 1. The minimum Gasteiger partial charge on any atom is -0.478 e. The van der Waals surface area contributed by atoms with Gasteiger partial charge in [0.2, 0.25) is 5.91 Å². The highest BCUT2D eigenvalue weighted by molar-refractivity contribution is 7.80. The molecular weight excluding hydrogens is 512 g/mol. The predicted octanol–water partition coefficient (Wildman–Crippen LogP) is 5.66. The summed E-state index contributed by atoms with van der Waals surface area (Å²) in [5.41, 5.74) is 4.49. The molecule has 5 rings (SSSR count). The molecule has 0 bridgehead atoms. The highest BCUT2D eigenvalue weighted by Crippen LogP contribution is 2.40. The Kier molecular flexibility index (Phi) is 7.42. The zero-order valence-electron chi connectivity index (χ0n) is 21.5. The molecule has 0 spiro atoms. The van der Waals surface area contributed by atoms with Crippen LogP contribution in [0.25, 0.3) is 11.3 Å². The van der Waals surface area contributed by atoms with Crippen LogP contribution in [-0.4, -0.2) is 38.5 Å². The van der Waals surface area contributed by atoms with Gasteiger partial charge < -0.3 is 25.1 Å². The van der Waals surface area contributed by atoms with Gasteiger partial charge in [-0.25, -0.2) is 4.79 Å². The van der Waals surface area contributed by atoms with Gasteiger partial charge in [0, 0.05) is 30.4 Å².